The van der Waals surface area contributed by atoms with Crippen molar-refractivity contribution in [1.82, 2.24) is 9.97 Å². The van der Waals surface area contributed by atoms with Gasteiger partial charge in [-0.1, -0.05) is 29.3 Å². The van der Waals surface area contributed by atoms with E-state index in [-0.39, 0.29) is 0 Å². The summed E-state index contributed by atoms with van der Waals surface area (Å²) in [6.45, 7) is 3.23. The van der Waals surface area contributed by atoms with E-state index in [0.29, 0.717) is 0 Å². The molecule has 5 heteroatoms. The van der Waals surface area contributed by atoms with Crippen molar-refractivity contribution in [2.75, 3.05) is 23.8 Å². The van der Waals surface area contributed by atoms with Crippen LogP contribution in [0.15, 0.2) is 12.4 Å². The minimum Gasteiger partial charge on any atom is -0.359 e. The summed E-state index contributed by atoms with van der Waals surface area (Å²) >= 11 is 5.25. The molecule has 0 radical (unpaired) electrons. The Morgan fingerprint density at radius 1 is 1.26 bits per heavy atom. The fraction of sp³-hybridized carbons (Fsp3) is 0.571. The van der Waals surface area contributed by atoms with E-state index in [4.69, 9.17) is 0 Å². The Hall–Kier alpha value is -0.680. The minimum absolute atomic E-state index is 1.05. The molecule has 0 amide bonds. The van der Waals surface area contributed by atoms with Gasteiger partial charge >= 0.3 is 0 Å². The Morgan fingerprint density at radius 2 is 2.11 bits per heavy atom. The molecule has 2 heterocycles. The predicted octanol–water partition coefficient (Wildman–Crippen LogP) is 4.26. The second-order valence-electron chi connectivity index (χ2n) is 4.65. The molecule has 2 aromatic heterocycles. The van der Waals surface area contributed by atoms with E-state index >= 15 is 0 Å². The van der Waals surface area contributed by atoms with Gasteiger partial charge in [0.25, 0.3) is 0 Å². The van der Waals surface area contributed by atoms with Gasteiger partial charge < -0.3 is 4.90 Å². The average molecular weight is 342 g/mol. The number of alkyl halides is 1. The van der Waals surface area contributed by atoms with Gasteiger partial charge in [0.1, 0.15) is 17.0 Å². The first kappa shape index (κ1) is 14.7. The molecule has 0 fully saturated rings. The highest BCUT2D eigenvalue weighted by molar-refractivity contribution is 9.09. The molecule has 2 aromatic rings. The van der Waals surface area contributed by atoms with Crippen LogP contribution in [-0.4, -0.2) is 28.9 Å². The summed E-state index contributed by atoms with van der Waals surface area (Å²) in [5.74, 6) is 1.07. The van der Waals surface area contributed by atoms with Crippen LogP contribution in [0.1, 0.15) is 31.1 Å². The number of rotatable bonds is 7. The normalized spacial score (nSPS) is 11.1. The standard InChI is InChI=1S/C14H20BrN3S/c1-3-11-9-12-13(16-10-17-14(12)19-11)18(2)8-6-4-5-7-15/h9-10H,3-8H2,1-2H3. The van der Waals surface area contributed by atoms with E-state index in [2.05, 4.69) is 50.8 Å². The van der Waals surface area contributed by atoms with Crippen LogP contribution in [-0.2, 0) is 6.42 Å². The molecule has 0 atom stereocenters. The topological polar surface area (TPSA) is 29.0 Å². The fourth-order valence-corrected chi connectivity index (χ4v) is 3.42. The summed E-state index contributed by atoms with van der Waals surface area (Å²) in [7, 11) is 2.12. The third-order valence-corrected chi connectivity index (χ3v) is 4.94. The van der Waals surface area contributed by atoms with E-state index in [0.717, 1.165) is 28.9 Å². The van der Waals surface area contributed by atoms with Crippen LogP contribution >= 0.6 is 27.3 Å². The Bertz CT molecular complexity index is 526. The lowest BCUT2D eigenvalue weighted by atomic mass is 10.2. The van der Waals surface area contributed by atoms with Crippen LogP contribution < -0.4 is 4.90 Å². The molecule has 0 aliphatic heterocycles. The van der Waals surface area contributed by atoms with Gasteiger partial charge in [0.2, 0.25) is 0 Å². The molecular weight excluding hydrogens is 322 g/mol. The molecule has 2 rings (SSSR count). The maximum Gasteiger partial charge on any atom is 0.140 e. The van der Waals surface area contributed by atoms with Gasteiger partial charge in [-0.15, -0.1) is 11.3 Å². The lowest BCUT2D eigenvalue weighted by molar-refractivity contribution is 0.708. The Morgan fingerprint density at radius 3 is 2.84 bits per heavy atom. The smallest absolute Gasteiger partial charge is 0.140 e. The molecule has 0 spiro atoms. The van der Waals surface area contributed by atoms with Gasteiger partial charge in [-0.3, -0.25) is 0 Å². The van der Waals surface area contributed by atoms with Gasteiger partial charge in [-0.2, -0.15) is 0 Å². The van der Waals surface area contributed by atoms with Crippen LogP contribution in [0, 0.1) is 0 Å². The van der Waals surface area contributed by atoms with Gasteiger partial charge in [0, 0.05) is 23.8 Å². The van der Waals surface area contributed by atoms with Crippen molar-refractivity contribution in [3.8, 4) is 0 Å². The number of anilines is 1. The monoisotopic (exact) mass is 341 g/mol. The molecule has 0 aromatic carbocycles. The molecular formula is C14H20BrN3S. The number of unbranched alkanes of at least 4 members (excludes halogenated alkanes) is 2. The van der Waals surface area contributed by atoms with Crippen LogP contribution in [0.2, 0.25) is 0 Å². The van der Waals surface area contributed by atoms with Crippen molar-refractivity contribution < 1.29 is 0 Å². The number of thiophene rings is 1. The van der Waals surface area contributed by atoms with Crippen molar-refractivity contribution in [1.29, 1.82) is 0 Å². The Kier molecular flexibility index (Phi) is 5.58. The maximum absolute atomic E-state index is 4.47. The first-order chi connectivity index (χ1) is 9.26. The molecule has 3 nitrogen and oxygen atoms in total. The lowest BCUT2D eigenvalue weighted by Gasteiger charge is -2.18. The number of halogens is 1. The zero-order valence-corrected chi connectivity index (χ0v) is 13.9. The summed E-state index contributed by atoms with van der Waals surface area (Å²) < 4.78 is 0. The van der Waals surface area contributed by atoms with Crippen molar-refractivity contribution in [2.45, 2.75) is 32.6 Å². The SMILES string of the molecule is CCc1cc2c(N(C)CCCCCBr)ncnc2s1. The quantitative estimate of drug-likeness (QED) is 0.556. The van der Waals surface area contributed by atoms with Crippen LogP contribution in [0.4, 0.5) is 5.82 Å². The summed E-state index contributed by atoms with van der Waals surface area (Å²) in [6.07, 6.45) is 6.45. The summed E-state index contributed by atoms with van der Waals surface area (Å²) in [5.41, 5.74) is 0. The summed E-state index contributed by atoms with van der Waals surface area (Å²) in [5, 5.41) is 2.30. The van der Waals surface area contributed by atoms with Crippen molar-refractivity contribution in [3.63, 3.8) is 0 Å². The highest BCUT2D eigenvalue weighted by Gasteiger charge is 2.11. The fourth-order valence-electron chi connectivity index (χ4n) is 2.10. The summed E-state index contributed by atoms with van der Waals surface area (Å²) in [4.78, 5) is 13.6. The van der Waals surface area contributed by atoms with Crippen LogP contribution in [0.25, 0.3) is 10.2 Å². The number of aromatic nitrogens is 2. The molecule has 0 aliphatic carbocycles. The molecule has 104 valence electrons. The van der Waals surface area contributed by atoms with E-state index in [1.165, 1.54) is 29.5 Å². The minimum atomic E-state index is 1.05. The number of hydrogen-bond acceptors (Lipinski definition) is 4. The number of fused-ring (bicyclic) bond motifs is 1. The molecule has 0 unspecified atom stereocenters. The van der Waals surface area contributed by atoms with E-state index in [9.17, 15) is 0 Å². The zero-order chi connectivity index (χ0) is 13.7. The molecule has 0 saturated heterocycles. The van der Waals surface area contributed by atoms with Crippen molar-refractivity contribution in [3.05, 3.63) is 17.3 Å². The van der Waals surface area contributed by atoms with Crippen molar-refractivity contribution >= 4 is 43.3 Å². The molecule has 0 N–H and O–H groups in total. The van der Waals surface area contributed by atoms with Gasteiger partial charge in [0.05, 0.1) is 5.39 Å². The number of nitrogens with zero attached hydrogens (tertiary/aromatic N) is 3. The summed E-state index contributed by atoms with van der Waals surface area (Å²) in [6, 6.07) is 2.24. The zero-order valence-electron chi connectivity index (χ0n) is 11.5. The highest BCUT2D eigenvalue weighted by atomic mass is 79.9. The van der Waals surface area contributed by atoms with Crippen LogP contribution in [0.3, 0.4) is 0 Å². The van der Waals surface area contributed by atoms with E-state index in [1.807, 2.05) is 0 Å². The van der Waals surface area contributed by atoms with Crippen LogP contribution in [0.5, 0.6) is 0 Å². The number of hydrogen-bond donors (Lipinski definition) is 0. The molecule has 0 saturated carbocycles. The average Bonchev–Trinajstić information content (AvgIpc) is 2.86. The first-order valence-corrected chi connectivity index (χ1v) is 8.70. The third kappa shape index (κ3) is 3.66. The maximum atomic E-state index is 4.47. The second-order valence-corrected chi connectivity index (χ2v) is 6.56. The molecule has 19 heavy (non-hydrogen) atoms. The predicted molar refractivity (Wildman–Crippen MR) is 87.7 cm³/mol. The van der Waals surface area contributed by atoms with Gasteiger partial charge in [-0.25, -0.2) is 9.97 Å². The van der Waals surface area contributed by atoms with E-state index in [1.54, 1.807) is 17.7 Å². The Balaban J connectivity index is 2.12. The third-order valence-electron chi connectivity index (χ3n) is 3.20. The van der Waals surface area contributed by atoms with E-state index < -0.39 is 0 Å². The van der Waals surface area contributed by atoms with Gasteiger partial charge in [0.15, 0.2) is 0 Å². The molecule has 0 aliphatic rings. The highest BCUT2D eigenvalue weighted by Crippen LogP contribution is 2.30. The Labute approximate surface area is 127 Å². The second kappa shape index (κ2) is 7.20. The van der Waals surface area contributed by atoms with Crippen molar-refractivity contribution in [2.24, 2.45) is 0 Å². The first-order valence-electron chi connectivity index (χ1n) is 6.76. The van der Waals surface area contributed by atoms with Gasteiger partial charge in [-0.05, 0) is 25.3 Å². The lowest BCUT2D eigenvalue weighted by Crippen LogP contribution is -2.19. The molecule has 0 bridgehead atoms. The number of aryl methyl sites for hydroxylation is 1. The largest absolute Gasteiger partial charge is 0.359 e.